The Morgan fingerprint density at radius 1 is 1.37 bits per heavy atom. The minimum Gasteiger partial charge on any atom is -0.395 e. The Kier molecular flexibility index (Phi) is 5.76. The fraction of sp³-hybridized carbons (Fsp3) is 0.600. The van der Waals surface area contributed by atoms with Gasteiger partial charge in [-0.05, 0) is 24.8 Å². The summed E-state index contributed by atoms with van der Waals surface area (Å²) in [5.74, 6) is 0.317. The van der Waals surface area contributed by atoms with Gasteiger partial charge >= 0.3 is 0 Å². The van der Waals surface area contributed by atoms with E-state index in [-0.39, 0.29) is 12.4 Å². The smallest absolute Gasteiger partial charge is 0.127 e. The second-order valence-corrected chi connectivity index (χ2v) is 5.13. The molecule has 1 fully saturated rings. The monoisotopic (exact) mass is 267 g/mol. The van der Waals surface area contributed by atoms with Crippen molar-refractivity contribution in [3.8, 4) is 0 Å². The van der Waals surface area contributed by atoms with Gasteiger partial charge in [-0.3, -0.25) is 4.90 Å². The van der Waals surface area contributed by atoms with E-state index in [0.29, 0.717) is 24.6 Å². The largest absolute Gasteiger partial charge is 0.395 e. The molecule has 0 spiro atoms. The maximum absolute atomic E-state index is 13.7. The van der Waals surface area contributed by atoms with Crippen LogP contribution in [0.3, 0.4) is 0 Å². The van der Waals surface area contributed by atoms with Crippen LogP contribution in [0.5, 0.6) is 0 Å². The van der Waals surface area contributed by atoms with Crippen molar-refractivity contribution in [2.75, 3.05) is 32.9 Å². The summed E-state index contributed by atoms with van der Waals surface area (Å²) in [4.78, 5) is 2.11. The average molecular weight is 267 g/mol. The number of rotatable bonds is 6. The molecule has 3 nitrogen and oxygen atoms in total. The van der Waals surface area contributed by atoms with Crippen molar-refractivity contribution in [2.45, 2.75) is 19.4 Å². The Bertz CT molecular complexity index is 380. The summed E-state index contributed by atoms with van der Waals surface area (Å²) < 4.78 is 19.1. The normalized spacial score (nSPS) is 19.8. The van der Waals surface area contributed by atoms with Gasteiger partial charge in [0.1, 0.15) is 5.82 Å². The Labute approximate surface area is 114 Å². The molecule has 1 heterocycles. The number of hydrogen-bond acceptors (Lipinski definition) is 3. The van der Waals surface area contributed by atoms with Crippen molar-refractivity contribution >= 4 is 0 Å². The van der Waals surface area contributed by atoms with Gasteiger partial charge in [0.2, 0.25) is 0 Å². The molecule has 1 aromatic carbocycles. The van der Waals surface area contributed by atoms with E-state index < -0.39 is 0 Å². The summed E-state index contributed by atoms with van der Waals surface area (Å²) in [5, 5.41) is 9.15. The lowest BCUT2D eigenvalue weighted by Crippen LogP contribution is -2.35. The van der Waals surface area contributed by atoms with E-state index in [1.807, 2.05) is 6.07 Å². The van der Waals surface area contributed by atoms with Crippen molar-refractivity contribution < 1.29 is 14.2 Å². The Morgan fingerprint density at radius 2 is 2.21 bits per heavy atom. The van der Waals surface area contributed by atoms with Crippen molar-refractivity contribution in [3.63, 3.8) is 0 Å². The van der Waals surface area contributed by atoms with E-state index >= 15 is 0 Å². The molecule has 0 aliphatic carbocycles. The first kappa shape index (κ1) is 14.4. The van der Waals surface area contributed by atoms with Gasteiger partial charge in [-0.1, -0.05) is 18.2 Å². The van der Waals surface area contributed by atoms with E-state index in [2.05, 4.69) is 4.90 Å². The second-order valence-electron chi connectivity index (χ2n) is 5.13. The number of aliphatic hydroxyl groups is 1. The molecule has 4 heteroatoms. The Morgan fingerprint density at radius 3 is 2.89 bits per heavy atom. The molecule has 1 aliphatic heterocycles. The van der Waals surface area contributed by atoms with Gasteiger partial charge in [0.15, 0.2) is 0 Å². The molecule has 2 rings (SSSR count). The van der Waals surface area contributed by atoms with Crippen molar-refractivity contribution in [1.29, 1.82) is 0 Å². The molecule has 1 aromatic rings. The van der Waals surface area contributed by atoms with Crippen LogP contribution < -0.4 is 0 Å². The fourth-order valence-corrected chi connectivity index (χ4v) is 2.56. The summed E-state index contributed by atoms with van der Waals surface area (Å²) in [5.41, 5.74) is 0.688. The van der Waals surface area contributed by atoms with Crippen LogP contribution in [0.4, 0.5) is 4.39 Å². The highest BCUT2D eigenvalue weighted by molar-refractivity contribution is 5.17. The third kappa shape index (κ3) is 4.56. The van der Waals surface area contributed by atoms with Crippen LogP contribution in [0.25, 0.3) is 0 Å². The molecule has 0 saturated carbocycles. The molecule has 1 saturated heterocycles. The van der Waals surface area contributed by atoms with E-state index in [1.54, 1.807) is 12.1 Å². The lowest BCUT2D eigenvalue weighted by atomic mass is 10.0. The first-order chi connectivity index (χ1) is 9.29. The summed E-state index contributed by atoms with van der Waals surface area (Å²) in [6.07, 6.45) is 2.25. The van der Waals surface area contributed by atoms with Gasteiger partial charge in [0.25, 0.3) is 0 Å². The molecule has 0 unspecified atom stereocenters. The maximum atomic E-state index is 13.7. The Balaban J connectivity index is 1.93. The standard InChI is InChI=1S/C15H22FNO2/c16-15-6-2-1-5-14(15)11-17(7-8-18)10-13-4-3-9-19-12-13/h1-2,5-6,13,18H,3-4,7-12H2/t13-/m0/s1. The number of nitrogens with zero attached hydrogens (tertiary/aromatic N) is 1. The zero-order valence-corrected chi connectivity index (χ0v) is 11.2. The summed E-state index contributed by atoms with van der Waals surface area (Å²) in [6.45, 7) is 3.70. The van der Waals surface area contributed by atoms with Gasteiger partial charge in [0, 0.05) is 31.8 Å². The molecule has 0 radical (unpaired) electrons. The van der Waals surface area contributed by atoms with Gasteiger partial charge in [-0.2, -0.15) is 0 Å². The highest BCUT2D eigenvalue weighted by Gasteiger charge is 2.18. The highest BCUT2D eigenvalue weighted by atomic mass is 19.1. The fourth-order valence-electron chi connectivity index (χ4n) is 2.56. The van der Waals surface area contributed by atoms with Gasteiger partial charge < -0.3 is 9.84 Å². The van der Waals surface area contributed by atoms with Crippen molar-refractivity contribution in [1.82, 2.24) is 4.90 Å². The third-order valence-corrected chi connectivity index (χ3v) is 3.54. The van der Waals surface area contributed by atoms with E-state index in [4.69, 9.17) is 9.84 Å². The zero-order chi connectivity index (χ0) is 13.5. The topological polar surface area (TPSA) is 32.7 Å². The lowest BCUT2D eigenvalue weighted by Gasteiger charge is -2.29. The summed E-state index contributed by atoms with van der Waals surface area (Å²) in [7, 11) is 0. The first-order valence-electron chi connectivity index (χ1n) is 6.94. The predicted octanol–water partition coefficient (Wildman–Crippen LogP) is 2.05. The minimum absolute atomic E-state index is 0.0992. The number of hydrogen-bond donors (Lipinski definition) is 1. The molecule has 1 N–H and O–H groups in total. The summed E-state index contributed by atoms with van der Waals surface area (Å²) >= 11 is 0. The van der Waals surface area contributed by atoms with Crippen LogP contribution >= 0.6 is 0 Å². The molecule has 19 heavy (non-hydrogen) atoms. The van der Waals surface area contributed by atoms with Crippen molar-refractivity contribution in [2.24, 2.45) is 5.92 Å². The molecule has 0 amide bonds. The molecular weight excluding hydrogens is 245 g/mol. The number of benzene rings is 1. The predicted molar refractivity (Wildman–Crippen MR) is 72.3 cm³/mol. The van der Waals surface area contributed by atoms with Crippen LogP contribution in [0.1, 0.15) is 18.4 Å². The summed E-state index contributed by atoms with van der Waals surface area (Å²) in [6, 6.07) is 6.83. The minimum atomic E-state index is -0.176. The number of halogens is 1. The van der Waals surface area contributed by atoms with Crippen molar-refractivity contribution in [3.05, 3.63) is 35.6 Å². The molecular formula is C15H22FNO2. The second kappa shape index (κ2) is 7.58. The molecule has 0 aromatic heterocycles. The highest BCUT2D eigenvalue weighted by Crippen LogP contribution is 2.17. The number of aliphatic hydroxyl groups excluding tert-OH is 1. The van der Waals surface area contributed by atoms with Crippen LogP contribution in [0, 0.1) is 11.7 Å². The number of ether oxygens (including phenoxy) is 1. The van der Waals surface area contributed by atoms with Gasteiger partial charge in [-0.15, -0.1) is 0 Å². The van der Waals surface area contributed by atoms with Crippen LogP contribution in [-0.2, 0) is 11.3 Å². The van der Waals surface area contributed by atoms with E-state index in [0.717, 1.165) is 32.6 Å². The lowest BCUT2D eigenvalue weighted by molar-refractivity contribution is 0.0343. The van der Waals surface area contributed by atoms with Crippen LogP contribution in [0.2, 0.25) is 0 Å². The molecule has 1 aliphatic rings. The van der Waals surface area contributed by atoms with Crippen LogP contribution in [-0.4, -0.2) is 42.9 Å². The molecule has 1 atom stereocenters. The maximum Gasteiger partial charge on any atom is 0.127 e. The molecule has 106 valence electrons. The molecule has 0 bridgehead atoms. The van der Waals surface area contributed by atoms with Gasteiger partial charge in [0.05, 0.1) is 13.2 Å². The average Bonchev–Trinajstić information content (AvgIpc) is 2.43. The third-order valence-electron chi connectivity index (χ3n) is 3.54. The van der Waals surface area contributed by atoms with E-state index in [9.17, 15) is 4.39 Å². The zero-order valence-electron chi connectivity index (χ0n) is 11.2. The Hall–Kier alpha value is -0.970. The SMILES string of the molecule is OCCN(Cc1ccccc1F)C[C@@H]1CCCOC1. The van der Waals surface area contributed by atoms with Crippen LogP contribution in [0.15, 0.2) is 24.3 Å². The van der Waals surface area contributed by atoms with Gasteiger partial charge in [-0.25, -0.2) is 4.39 Å². The first-order valence-corrected chi connectivity index (χ1v) is 6.94. The quantitative estimate of drug-likeness (QED) is 0.856. The van der Waals surface area contributed by atoms with E-state index in [1.165, 1.54) is 6.07 Å².